The maximum atomic E-state index is 11.3. The molecule has 1 aromatic carbocycles. The first-order valence-corrected chi connectivity index (χ1v) is 6.44. The molecule has 0 aliphatic heterocycles. The van der Waals surface area contributed by atoms with Gasteiger partial charge in [-0.3, -0.25) is 4.79 Å². The second-order valence-corrected chi connectivity index (χ2v) is 3.80. The molecular formula is C14H20N2O4. The largest absolute Gasteiger partial charge is 0.493 e. The molecule has 0 heterocycles. The van der Waals surface area contributed by atoms with E-state index in [1.807, 2.05) is 13.8 Å². The highest BCUT2D eigenvalue weighted by atomic mass is 16.6. The summed E-state index contributed by atoms with van der Waals surface area (Å²) < 4.78 is 10.6. The third kappa shape index (κ3) is 5.17. The molecule has 0 spiro atoms. The summed E-state index contributed by atoms with van der Waals surface area (Å²) in [6.07, 6.45) is 1.58. The van der Waals surface area contributed by atoms with Crippen LogP contribution in [0.4, 0.5) is 0 Å². The van der Waals surface area contributed by atoms with Crippen molar-refractivity contribution in [1.29, 1.82) is 0 Å². The molecule has 6 nitrogen and oxygen atoms in total. The topological polar surface area (TPSA) is 69.2 Å². The zero-order chi connectivity index (χ0) is 14.8. The lowest BCUT2D eigenvalue weighted by Crippen LogP contribution is -2.28. The van der Waals surface area contributed by atoms with Gasteiger partial charge >= 0.3 is 0 Å². The van der Waals surface area contributed by atoms with Crippen LogP contribution in [0.2, 0.25) is 0 Å². The van der Waals surface area contributed by atoms with E-state index in [9.17, 15) is 4.79 Å². The standard InChI is InChI=1S/C14H20N2O4/c1-4-15-14(17)10-19-12-7-6-11(8-13(12)18-3)9-16-20-5-2/h6-9H,4-5,10H2,1-3H3,(H,15,17)/b16-9+. The monoisotopic (exact) mass is 280 g/mol. The molecule has 1 N–H and O–H groups in total. The van der Waals surface area contributed by atoms with Gasteiger partial charge < -0.3 is 19.6 Å². The van der Waals surface area contributed by atoms with Gasteiger partial charge in [-0.05, 0) is 32.0 Å². The van der Waals surface area contributed by atoms with E-state index in [0.717, 1.165) is 5.56 Å². The summed E-state index contributed by atoms with van der Waals surface area (Å²) in [4.78, 5) is 16.2. The maximum absolute atomic E-state index is 11.3. The molecule has 0 atom stereocenters. The van der Waals surface area contributed by atoms with Crippen LogP contribution in [-0.2, 0) is 9.63 Å². The Kier molecular flexibility index (Phi) is 6.95. The number of ether oxygens (including phenoxy) is 2. The summed E-state index contributed by atoms with van der Waals surface area (Å²) in [6, 6.07) is 5.29. The van der Waals surface area contributed by atoms with Gasteiger partial charge in [0.2, 0.25) is 0 Å². The van der Waals surface area contributed by atoms with Crippen molar-refractivity contribution < 1.29 is 19.1 Å². The number of methoxy groups -OCH3 is 1. The number of likely N-dealkylation sites (N-methyl/N-ethyl adjacent to an activating group) is 1. The Morgan fingerprint density at radius 1 is 1.35 bits per heavy atom. The minimum Gasteiger partial charge on any atom is -0.493 e. The Bertz CT molecular complexity index is 460. The summed E-state index contributed by atoms with van der Waals surface area (Å²) in [6.45, 7) is 4.76. The van der Waals surface area contributed by atoms with Crippen molar-refractivity contribution in [2.75, 3.05) is 26.9 Å². The summed E-state index contributed by atoms with van der Waals surface area (Å²) in [5.74, 6) is 0.874. The number of hydrogen-bond acceptors (Lipinski definition) is 5. The lowest BCUT2D eigenvalue weighted by molar-refractivity contribution is -0.123. The molecule has 110 valence electrons. The molecular weight excluding hydrogens is 260 g/mol. The number of carbonyl (C=O) groups is 1. The quantitative estimate of drug-likeness (QED) is 0.580. The summed E-state index contributed by atoms with van der Waals surface area (Å²) >= 11 is 0. The van der Waals surface area contributed by atoms with Gasteiger partial charge in [0.25, 0.3) is 5.91 Å². The number of hydrogen-bond donors (Lipinski definition) is 1. The number of benzene rings is 1. The highest BCUT2D eigenvalue weighted by Crippen LogP contribution is 2.27. The Balaban J connectivity index is 2.70. The minimum absolute atomic E-state index is 0.0451. The zero-order valence-corrected chi connectivity index (χ0v) is 12.0. The Morgan fingerprint density at radius 3 is 2.80 bits per heavy atom. The molecule has 20 heavy (non-hydrogen) atoms. The fraction of sp³-hybridized carbons (Fsp3) is 0.429. The van der Waals surface area contributed by atoms with Gasteiger partial charge in [-0.15, -0.1) is 0 Å². The average Bonchev–Trinajstić information content (AvgIpc) is 2.46. The maximum Gasteiger partial charge on any atom is 0.257 e. The van der Waals surface area contributed by atoms with Crippen molar-refractivity contribution in [1.82, 2.24) is 5.32 Å². The number of rotatable bonds is 8. The molecule has 1 amide bonds. The van der Waals surface area contributed by atoms with Gasteiger partial charge in [0.15, 0.2) is 18.1 Å². The molecule has 0 radical (unpaired) electrons. The van der Waals surface area contributed by atoms with Crippen LogP contribution in [0.25, 0.3) is 0 Å². The van der Waals surface area contributed by atoms with E-state index in [0.29, 0.717) is 24.7 Å². The molecule has 6 heteroatoms. The van der Waals surface area contributed by atoms with Crippen LogP contribution >= 0.6 is 0 Å². The third-order valence-corrected chi connectivity index (χ3v) is 2.33. The van der Waals surface area contributed by atoms with Crippen molar-refractivity contribution in [3.05, 3.63) is 23.8 Å². The Morgan fingerprint density at radius 2 is 2.15 bits per heavy atom. The molecule has 0 saturated heterocycles. The van der Waals surface area contributed by atoms with Gasteiger partial charge in [0.05, 0.1) is 13.3 Å². The molecule has 0 aliphatic rings. The number of nitrogens with zero attached hydrogens (tertiary/aromatic N) is 1. The normalized spacial score (nSPS) is 10.3. The molecule has 1 aromatic rings. The molecule has 0 saturated carbocycles. The van der Waals surface area contributed by atoms with Gasteiger partial charge in [-0.1, -0.05) is 5.16 Å². The first-order chi connectivity index (χ1) is 9.71. The first-order valence-electron chi connectivity index (χ1n) is 6.44. The number of nitrogens with one attached hydrogen (secondary N) is 1. The molecule has 0 aromatic heterocycles. The van der Waals surface area contributed by atoms with Crippen LogP contribution < -0.4 is 14.8 Å². The summed E-state index contributed by atoms with van der Waals surface area (Å²) in [7, 11) is 1.54. The van der Waals surface area contributed by atoms with Crippen molar-refractivity contribution >= 4 is 12.1 Å². The van der Waals surface area contributed by atoms with E-state index in [4.69, 9.17) is 14.3 Å². The number of oxime groups is 1. The molecule has 0 fully saturated rings. The van der Waals surface area contributed by atoms with Crippen LogP contribution in [0.3, 0.4) is 0 Å². The van der Waals surface area contributed by atoms with Crippen LogP contribution in [0.5, 0.6) is 11.5 Å². The summed E-state index contributed by atoms with van der Waals surface area (Å²) in [5, 5.41) is 6.43. The summed E-state index contributed by atoms with van der Waals surface area (Å²) in [5.41, 5.74) is 0.820. The number of carbonyl (C=O) groups excluding carboxylic acids is 1. The highest BCUT2D eigenvalue weighted by molar-refractivity contribution is 5.80. The molecule has 1 rings (SSSR count). The fourth-order valence-corrected chi connectivity index (χ4v) is 1.45. The van der Waals surface area contributed by atoms with Crippen LogP contribution in [0.1, 0.15) is 19.4 Å². The smallest absolute Gasteiger partial charge is 0.257 e. The van der Waals surface area contributed by atoms with Gasteiger partial charge in [0, 0.05) is 12.1 Å². The van der Waals surface area contributed by atoms with E-state index in [1.165, 1.54) is 7.11 Å². The molecule has 0 bridgehead atoms. The van der Waals surface area contributed by atoms with E-state index in [-0.39, 0.29) is 12.5 Å². The zero-order valence-electron chi connectivity index (χ0n) is 12.0. The molecule has 0 aliphatic carbocycles. The molecule has 0 unspecified atom stereocenters. The van der Waals surface area contributed by atoms with Crippen molar-refractivity contribution in [3.63, 3.8) is 0 Å². The van der Waals surface area contributed by atoms with Crippen molar-refractivity contribution in [2.24, 2.45) is 5.16 Å². The van der Waals surface area contributed by atoms with E-state index in [2.05, 4.69) is 10.5 Å². The predicted octanol–water partition coefficient (Wildman–Crippen LogP) is 1.58. The van der Waals surface area contributed by atoms with Gasteiger partial charge in [0.1, 0.15) is 6.61 Å². The average molecular weight is 280 g/mol. The van der Waals surface area contributed by atoms with E-state index in [1.54, 1.807) is 24.4 Å². The van der Waals surface area contributed by atoms with Crippen molar-refractivity contribution in [3.8, 4) is 11.5 Å². The SMILES string of the molecule is CCNC(=O)COc1ccc(/C=N/OCC)cc1OC. The van der Waals surface area contributed by atoms with Crippen LogP contribution in [-0.4, -0.2) is 39.0 Å². The minimum atomic E-state index is -0.170. The Labute approximate surface area is 118 Å². The highest BCUT2D eigenvalue weighted by Gasteiger charge is 2.07. The van der Waals surface area contributed by atoms with Gasteiger partial charge in [-0.25, -0.2) is 0 Å². The van der Waals surface area contributed by atoms with E-state index < -0.39 is 0 Å². The second-order valence-electron chi connectivity index (χ2n) is 3.80. The third-order valence-electron chi connectivity index (χ3n) is 2.33. The van der Waals surface area contributed by atoms with Crippen LogP contribution in [0, 0.1) is 0 Å². The van der Waals surface area contributed by atoms with Crippen molar-refractivity contribution in [2.45, 2.75) is 13.8 Å². The fourth-order valence-electron chi connectivity index (χ4n) is 1.45. The van der Waals surface area contributed by atoms with Crippen LogP contribution in [0.15, 0.2) is 23.4 Å². The van der Waals surface area contributed by atoms with E-state index >= 15 is 0 Å². The second kappa shape index (κ2) is 8.79. The number of amides is 1. The lowest BCUT2D eigenvalue weighted by atomic mass is 10.2. The van der Waals surface area contributed by atoms with Gasteiger partial charge in [-0.2, -0.15) is 0 Å². The first kappa shape index (κ1) is 15.8. The Hall–Kier alpha value is -2.24. The lowest BCUT2D eigenvalue weighted by Gasteiger charge is -2.10. The predicted molar refractivity (Wildman–Crippen MR) is 76.4 cm³/mol.